The van der Waals surface area contributed by atoms with Gasteiger partial charge in [-0.1, -0.05) is 25.0 Å². The molecule has 4 N–H and O–H groups in total. The van der Waals surface area contributed by atoms with E-state index in [-0.39, 0.29) is 0 Å². The topological polar surface area (TPSA) is 92.4 Å². The third-order valence-corrected chi connectivity index (χ3v) is 2.63. The van der Waals surface area contributed by atoms with Crippen LogP contribution >= 0.6 is 0 Å². The molecule has 0 saturated carbocycles. The third kappa shape index (κ3) is 3.48. The maximum atomic E-state index is 12.0. The first-order valence-electron chi connectivity index (χ1n) is 5.85. The van der Waals surface area contributed by atoms with Gasteiger partial charge in [-0.05, 0) is 25.5 Å². The molecule has 0 aromatic heterocycles. The van der Waals surface area contributed by atoms with E-state index in [0.29, 0.717) is 24.1 Å². The lowest BCUT2D eigenvalue weighted by molar-refractivity contribution is -0.139. The van der Waals surface area contributed by atoms with Crippen LogP contribution in [0.4, 0.5) is 5.69 Å². The summed E-state index contributed by atoms with van der Waals surface area (Å²) < 4.78 is 0. The summed E-state index contributed by atoms with van der Waals surface area (Å²) in [4.78, 5) is 22.9. The quantitative estimate of drug-likeness (QED) is 0.691. The van der Waals surface area contributed by atoms with Gasteiger partial charge in [-0.3, -0.25) is 4.79 Å². The van der Waals surface area contributed by atoms with E-state index in [1.807, 2.05) is 13.8 Å². The first kappa shape index (κ1) is 14.0. The van der Waals surface area contributed by atoms with Crippen LogP contribution in [-0.4, -0.2) is 23.0 Å². The number of hydrogen-bond donors (Lipinski definition) is 3. The number of aryl methyl sites for hydroxylation is 1. The highest BCUT2D eigenvalue weighted by atomic mass is 16.4. The first-order chi connectivity index (χ1) is 8.45. The normalized spacial score (nSPS) is 11.9. The lowest BCUT2D eigenvalue weighted by Crippen LogP contribution is -2.40. The Bertz CT molecular complexity index is 458. The molecule has 1 unspecified atom stereocenters. The summed E-state index contributed by atoms with van der Waals surface area (Å²) >= 11 is 0. The summed E-state index contributed by atoms with van der Waals surface area (Å²) in [5.74, 6) is -1.48. The fourth-order valence-corrected chi connectivity index (χ4v) is 1.65. The van der Waals surface area contributed by atoms with E-state index in [4.69, 9.17) is 10.8 Å². The van der Waals surface area contributed by atoms with Gasteiger partial charge in [-0.25, -0.2) is 4.79 Å². The van der Waals surface area contributed by atoms with Crippen molar-refractivity contribution in [1.29, 1.82) is 0 Å². The van der Waals surface area contributed by atoms with Crippen LogP contribution in [0.15, 0.2) is 18.2 Å². The number of nitrogen functional groups attached to an aromatic ring is 1. The number of amides is 1. The van der Waals surface area contributed by atoms with Gasteiger partial charge >= 0.3 is 5.97 Å². The zero-order valence-corrected chi connectivity index (χ0v) is 10.6. The van der Waals surface area contributed by atoms with Crippen LogP contribution in [-0.2, 0) is 4.79 Å². The molecule has 1 rings (SSSR count). The molecular weight excluding hydrogens is 232 g/mol. The molecule has 0 fully saturated rings. The Hall–Kier alpha value is -2.04. The second-order valence-electron chi connectivity index (χ2n) is 4.24. The maximum absolute atomic E-state index is 12.0. The van der Waals surface area contributed by atoms with Gasteiger partial charge in [0.05, 0.1) is 5.56 Å². The zero-order valence-electron chi connectivity index (χ0n) is 10.6. The molecule has 18 heavy (non-hydrogen) atoms. The number of rotatable bonds is 5. The van der Waals surface area contributed by atoms with Crippen LogP contribution in [0.5, 0.6) is 0 Å². The van der Waals surface area contributed by atoms with E-state index < -0.39 is 17.9 Å². The Kier molecular flexibility index (Phi) is 4.71. The minimum absolute atomic E-state index is 0.317. The van der Waals surface area contributed by atoms with Crippen molar-refractivity contribution in [3.05, 3.63) is 29.3 Å². The monoisotopic (exact) mass is 250 g/mol. The Morgan fingerprint density at radius 3 is 2.67 bits per heavy atom. The van der Waals surface area contributed by atoms with Gasteiger partial charge in [-0.2, -0.15) is 0 Å². The fraction of sp³-hybridized carbons (Fsp3) is 0.385. The number of hydrogen-bond acceptors (Lipinski definition) is 3. The molecule has 1 aromatic rings. The molecule has 0 spiro atoms. The molecule has 0 radical (unpaired) electrons. The Morgan fingerprint density at radius 2 is 2.11 bits per heavy atom. The van der Waals surface area contributed by atoms with Gasteiger partial charge in [0.25, 0.3) is 5.91 Å². The number of carboxylic acids is 1. The van der Waals surface area contributed by atoms with Crippen LogP contribution in [0.2, 0.25) is 0 Å². The summed E-state index contributed by atoms with van der Waals surface area (Å²) in [7, 11) is 0. The van der Waals surface area contributed by atoms with E-state index in [9.17, 15) is 9.59 Å². The lowest BCUT2D eigenvalue weighted by atomic mass is 10.1. The van der Waals surface area contributed by atoms with Crippen molar-refractivity contribution in [3.8, 4) is 0 Å². The smallest absolute Gasteiger partial charge is 0.326 e. The second-order valence-corrected chi connectivity index (χ2v) is 4.24. The average Bonchev–Trinajstić information content (AvgIpc) is 2.31. The van der Waals surface area contributed by atoms with Crippen molar-refractivity contribution < 1.29 is 14.7 Å². The minimum atomic E-state index is -1.03. The van der Waals surface area contributed by atoms with Crippen molar-refractivity contribution in [3.63, 3.8) is 0 Å². The molecule has 0 heterocycles. The number of aliphatic carboxylic acids is 1. The number of benzene rings is 1. The molecule has 0 saturated heterocycles. The van der Waals surface area contributed by atoms with Gasteiger partial charge in [0.1, 0.15) is 6.04 Å². The van der Waals surface area contributed by atoms with Crippen LogP contribution in [0.3, 0.4) is 0 Å². The van der Waals surface area contributed by atoms with Gasteiger partial charge in [0.15, 0.2) is 0 Å². The van der Waals surface area contributed by atoms with Crippen molar-refractivity contribution in [2.24, 2.45) is 0 Å². The Morgan fingerprint density at radius 1 is 1.44 bits per heavy atom. The van der Waals surface area contributed by atoms with Crippen molar-refractivity contribution in [2.45, 2.75) is 32.7 Å². The fourth-order valence-electron chi connectivity index (χ4n) is 1.65. The molecule has 0 aliphatic carbocycles. The zero-order chi connectivity index (χ0) is 13.7. The highest BCUT2D eigenvalue weighted by Crippen LogP contribution is 2.14. The SMILES string of the molecule is CCCC(NC(=O)c1cc(C)ccc1N)C(=O)O. The summed E-state index contributed by atoms with van der Waals surface area (Å²) in [6.07, 6.45) is 1.08. The number of anilines is 1. The molecule has 0 aliphatic rings. The molecule has 98 valence electrons. The standard InChI is InChI=1S/C13H18N2O3/c1-3-4-11(13(17)18)15-12(16)9-7-8(2)5-6-10(9)14/h5-7,11H,3-4,14H2,1-2H3,(H,15,16)(H,17,18). The molecular formula is C13H18N2O3. The summed E-state index contributed by atoms with van der Waals surface area (Å²) in [6.45, 7) is 3.71. The van der Waals surface area contributed by atoms with Crippen LogP contribution in [0.1, 0.15) is 35.7 Å². The number of nitrogens with one attached hydrogen (secondary N) is 1. The van der Waals surface area contributed by atoms with E-state index in [1.54, 1.807) is 18.2 Å². The van der Waals surface area contributed by atoms with Crippen LogP contribution < -0.4 is 11.1 Å². The van der Waals surface area contributed by atoms with E-state index in [2.05, 4.69) is 5.32 Å². The number of nitrogens with two attached hydrogens (primary N) is 1. The molecule has 1 amide bonds. The van der Waals surface area contributed by atoms with Crippen molar-refractivity contribution in [1.82, 2.24) is 5.32 Å². The predicted octanol–water partition coefficient (Wildman–Crippen LogP) is 1.56. The largest absolute Gasteiger partial charge is 0.480 e. The van der Waals surface area contributed by atoms with Crippen molar-refractivity contribution in [2.75, 3.05) is 5.73 Å². The number of carbonyl (C=O) groups excluding carboxylic acids is 1. The van der Waals surface area contributed by atoms with Crippen molar-refractivity contribution >= 4 is 17.6 Å². The van der Waals surface area contributed by atoms with Crippen LogP contribution in [0.25, 0.3) is 0 Å². The molecule has 0 bridgehead atoms. The molecule has 5 nitrogen and oxygen atoms in total. The van der Waals surface area contributed by atoms with Gasteiger partial charge in [0, 0.05) is 5.69 Å². The van der Waals surface area contributed by atoms with E-state index in [0.717, 1.165) is 5.56 Å². The predicted molar refractivity (Wildman–Crippen MR) is 69.4 cm³/mol. The molecule has 1 aromatic carbocycles. The van der Waals surface area contributed by atoms with Gasteiger partial charge in [-0.15, -0.1) is 0 Å². The van der Waals surface area contributed by atoms with E-state index >= 15 is 0 Å². The van der Waals surface area contributed by atoms with E-state index in [1.165, 1.54) is 0 Å². The minimum Gasteiger partial charge on any atom is -0.480 e. The molecule has 5 heteroatoms. The molecule has 0 aliphatic heterocycles. The Labute approximate surface area is 106 Å². The summed E-state index contributed by atoms with van der Waals surface area (Å²) in [5, 5.41) is 11.5. The number of carbonyl (C=O) groups is 2. The van der Waals surface area contributed by atoms with Gasteiger partial charge in [0.2, 0.25) is 0 Å². The maximum Gasteiger partial charge on any atom is 0.326 e. The highest BCUT2D eigenvalue weighted by Gasteiger charge is 2.20. The molecule has 1 atom stereocenters. The second kappa shape index (κ2) is 6.05. The number of carboxylic acid groups (broad SMARTS) is 1. The van der Waals surface area contributed by atoms with Gasteiger partial charge < -0.3 is 16.2 Å². The Balaban J connectivity index is 2.86. The summed E-state index contributed by atoms with van der Waals surface area (Å²) in [6, 6.07) is 4.21. The van der Waals surface area contributed by atoms with Crippen LogP contribution in [0, 0.1) is 6.92 Å². The first-order valence-corrected chi connectivity index (χ1v) is 5.85. The average molecular weight is 250 g/mol. The highest BCUT2D eigenvalue weighted by molar-refractivity contribution is 6.01. The summed E-state index contributed by atoms with van der Waals surface area (Å²) in [5.41, 5.74) is 7.27. The third-order valence-electron chi connectivity index (χ3n) is 2.63. The lowest BCUT2D eigenvalue weighted by Gasteiger charge is -2.14.